The van der Waals surface area contributed by atoms with E-state index in [2.05, 4.69) is 6.58 Å². The van der Waals surface area contributed by atoms with Gasteiger partial charge in [-0.2, -0.15) is 0 Å². The molecular weight excluding hydrogens is 188 g/mol. The Morgan fingerprint density at radius 3 is 2.20 bits per heavy atom. The molecule has 2 heteroatoms. The van der Waals surface area contributed by atoms with Gasteiger partial charge in [-0.1, -0.05) is 24.3 Å². The van der Waals surface area contributed by atoms with E-state index < -0.39 is 0 Å². The van der Waals surface area contributed by atoms with Gasteiger partial charge >= 0.3 is 0 Å². The first-order chi connectivity index (χ1) is 7.08. The van der Waals surface area contributed by atoms with Crippen LogP contribution in [0, 0.1) is 0 Å². The molecule has 2 aromatic carbocycles. The molecule has 0 aliphatic rings. The van der Waals surface area contributed by atoms with Crippen molar-refractivity contribution in [2.45, 2.75) is 6.92 Å². The fourth-order valence-electron chi connectivity index (χ4n) is 1.54. The van der Waals surface area contributed by atoms with Gasteiger partial charge in [0.2, 0.25) is 0 Å². The minimum absolute atomic E-state index is 0.0921. The zero-order valence-electron chi connectivity index (χ0n) is 8.49. The van der Waals surface area contributed by atoms with Crippen LogP contribution in [0.3, 0.4) is 0 Å². The van der Waals surface area contributed by atoms with E-state index in [4.69, 9.17) is 0 Å². The van der Waals surface area contributed by atoms with Crippen molar-refractivity contribution in [3.8, 4) is 11.5 Å². The summed E-state index contributed by atoms with van der Waals surface area (Å²) in [6, 6.07) is 8.89. The van der Waals surface area contributed by atoms with Crippen LogP contribution < -0.4 is 0 Å². The number of phenolic OH excluding ortho intramolecular Hbond substituents is 2. The number of allylic oxidation sites excluding steroid dienone is 1. The maximum absolute atomic E-state index is 9.37. The fraction of sp³-hybridized carbons (Fsp3) is 0.0769. The van der Waals surface area contributed by atoms with Gasteiger partial charge in [0.05, 0.1) is 0 Å². The van der Waals surface area contributed by atoms with Gasteiger partial charge in [-0.05, 0) is 41.5 Å². The molecule has 2 N–H and O–H groups in total. The van der Waals surface area contributed by atoms with Crippen LogP contribution in [0.2, 0.25) is 0 Å². The molecule has 2 nitrogen and oxygen atoms in total. The van der Waals surface area contributed by atoms with Gasteiger partial charge in [-0.15, -0.1) is 0 Å². The van der Waals surface area contributed by atoms with Crippen LogP contribution in [0.4, 0.5) is 0 Å². The van der Waals surface area contributed by atoms with E-state index in [0.717, 1.165) is 21.9 Å². The van der Waals surface area contributed by atoms with Crippen LogP contribution in [0.15, 0.2) is 36.9 Å². The van der Waals surface area contributed by atoms with E-state index in [1.54, 1.807) is 12.1 Å². The van der Waals surface area contributed by atoms with E-state index in [-0.39, 0.29) is 11.5 Å². The Morgan fingerprint density at radius 1 is 1.00 bits per heavy atom. The second kappa shape index (κ2) is 3.31. The van der Waals surface area contributed by atoms with Crippen LogP contribution in [0.1, 0.15) is 12.5 Å². The lowest BCUT2D eigenvalue weighted by Gasteiger charge is -2.04. The summed E-state index contributed by atoms with van der Waals surface area (Å²) in [6.07, 6.45) is 0. The largest absolute Gasteiger partial charge is 0.504 e. The molecule has 2 aromatic rings. The standard InChI is InChI=1S/C13H12O2/c1-8(2)9-3-4-10-6-12(14)13(15)7-11(10)5-9/h3-7,14-15H,1H2,2H3. The summed E-state index contributed by atoms with van der Waals surface area (Å²) < 4.78 is 0. The molecule has 76 valence electrons. The number of phenols is 2. The van der Waals surface area contributed by atoms with Gasteiger partial charge in [0.1, 0.15) is 0 Å². The van der Waals surface area contributed by atoms with Gasteiger partial charge in [-0.25, -0.2) is 0 Å². The predicted octanol–water partition coefficient (Wildman–Crippen LogP) is 3.28. The molecule has 0 aliphatic heterocycles. The van der Waals surface area contributed by atoms with Crippen molar-refractivity contribution in [2.75, 3.05) is 0 Å². The summed E-state index contributed by atoms with van der Waals surface area (Å²) in [5.74, 6) is -0.188. The highest BCUT2D eigenvalue weighted by atomic mass is 16.3. The third-order valence-corrected chi connectivity index (χ3v) is 2.43. The Morgan fingerprint density at radius 2 is 1.60 bits per heavy atom. The fourth-order valence-corrected chi connectivity index (χ4v) is 1.54. The monoisotopic (exact) mass is 200 g/mol. The first kappa shape index (κ1) is 9.59. The highest BCUT2D eigenvalue weighted by molar-refractivity contribution is 5.88. The SMILES string of the molecule is C=C(C)c1ccc2cc(O)c(O)cc2c1. The zero-order chi connectivity index (χ0) is 11.0. The second-order valence-electron chi connectivity index (χ2n) is 3.68. The van der Waals surface area contributed by atoms with Crippen molar-refractivity contribution in [1.82, 2.24) is 0 Å². The van der Waals surface area contributed by atoms with E-state index >= 15 is 0 Å². The maximum atomic E-state index is 9.37. The summed E-state index contributed by atoms with van der Waals surface area (Å²) in [5.41, 5.74) is 2.01. The van der Waals surface area contributed by atoms with E-state index in [1.807, 2.05) is 25.1 Å². The second-order valence-corrected chi connectivity index (χ2v) is 3.68. The summed E-state index contributed by atoms with van der Waals surface area (Å²) in [5, 5.41) is 20.5. The number of benzene rings is 2. The van der Waals surface area contributed by atoms with Crippen molar-refractivity contribution in [1.29, 1.82) is 0 Å². The van der Waals surface area contributed by atoms with Crippen molar-refractivity contribution in [3.05, 3.63) is 42.5 Å². The normalized spacial score (nSPS) is 10.5. The lowest BCUT2D eigenvalue weighted by molar-refractivity contribution is 0.405. The zero-order valence-corrected chi connectivity index (χ0v) is 8.49. The highest BCUT2D eigenvalue weighted by Crippen LogP contribution is 2.31. The van der Waals surface area contributed by atoms with Crippen molar-refractivity contribution >= 4 is 16.3 Å². The molecule has 0 amide bonds. The minimum atomic E-state index is -0.0960. The van der Waals surface area contributed by atoms with E-state index in [1.165, 1.54) is 0 Å². The number of aromatic hydroxyl groups is 2. The molecule has 0 saturated heterocycles. The Balaban J connectivity index is 2.72. The average molecular weight is 200 g/mol. The molecule has 2 rings (SSSR count). The number of hydrogen-bond donors (Lipinski definition) is 2. The Hall–Kier alpha value is -1.96. The third-order valence-electron chi connectivity index (χ3n) is 2.43. The molecule has 0 saturated carbocycles. The van der Waals surface area contributed by atoms with Gasteiger partial charge in [0.15, 0.2) is 11.5 Å². The molecule has 0 unspecified atom stereocenters. The maximum Gasteiger partial charge on any atom is 0.158 e. The van der Waals surface area contributed by atoms with Gasteiger partial charge in [-0.3, -0.25) is 0 Å². The number of hydrogen-bond acceptors (Lipinski definition) is 2. The van der Waals surface area contributed by atoms with E-state index in [0.29, 0.717) is 0 Å². The smallest absolute Gasteiger partial charge is 0.158 e. The van der Waals surface area contributed by atoms with Crippen LogP contribution in [-0.4, -0.2) is 10.2 Å². The predicted molar refractivity (Wildman–Crippen MR) is 62.0 cm³/mol. The van der Waals surface area contributed by atoms with E-state index in [9.17, 15) is 10.2 Å². The quantitative estimate of drug-likeness (QED) is 0.693. The van der Waals surface area contributed by atoms with Crippen LogP contribution >= 0.6 is 0 Å². The number of rotatable bonds is 1. The van der Waals surface area contributed by atoms with Crippen LogP contribution in [-0.2, 0) is 0 Å². The van der Waals surface area contributed by atoms with Gasteiger partial charge in [0, 0.05) is 0 Å². The highest BCUT2D eigenvalue weighted by Gasteiger charge is 2.03. The Labute approximate surface area is 88.1 Å². The molecule has 15 heavy (non-hydrogen) atoms. The van der Waals surface area contributed by atoms with Crippen LogP contribution in [0.25, 0.3) is 16.3 Å². The third kappa shape index (κ3) is 1.66. The molecule has 0 atom stereocenters. The van der Waals surface area contributed by atoms with Gasteiger partial charge in [0.25, 0.3) is 0 Å². The lowest BCUT2D eigenvalue weighted by atomic mass is 10.0. The summed E-state index contributed by atoms with van der Waals surface area (Å²) in [7, 11) is 0. The van der Waals surface area contributed by atoms with Crippen molar-refractivity contribution in [3.63, 3.8) is 0 Å². The topological polar surface area (TPSA) is 40.5 Å². The Kier molecular flexibility index (Phi) is 2.12. The van der Waals surface area contributed by atoms with Gasteiger partial charge < -0.3 is 10.2 Å². The molecule has 0 aliphatic carbocycles. The minimum Gasteiger partial charge on any atom is -0.504 e. The average Bonchev–Trinajstić information content (AvgIpc) is 2.19. The summed E-state index contributed by atoms with van der Waals surface area (Å²) >= 11 is 0. The van der Waals surface area contributed by atoms with Crippen LogP contribution in [0.5, 0.6) is 11.5 Å². The molecular formula is C13H12O2. The molecule has 0 spiro atoms. The first-order valence-corrected chi connectivity index (χ1v) is 4.69. The van der Waals surface area contributed by atoms with Crippen molar-refractivity contribution < 1.29 is 10.2 Å². The molecule has 0 bridgehead atoms. The summed E-state index contributed by atoms with van der Waals surface area (Å²) in [6.45, 7) is 5.79. The molecule has 0 radical (unpaired) electrons. The van der Waals surface area contributed by atoms with Crippen molar-refractivity contribution in [2.24, 2.45) is 0 Å². The Bertz CT molecular complexity index is 541. The number of fused-ring (bicyclic) bond motifs is 1. The first-order valence-electron chi connectivity index (χ1n) is 4.69. The molecule has 0 aromatic heterocycles. The molecule has 0 heterocycles. The lowest BCUT2D eigenvalue weighted by Crippen LogP contribution is -1.79. The summed E-state index contributed by atoms with van der Waals surface area (Å²) in [4.78, 5) is 0. The molecule has 0 fully saturated rings.